The number of hydrogen-bond acceptors (Lipinski definition) is 4. The van der Waals surface area contributed by atoms with Gasteiger partial charge in [0.25, 0.3) is 0 Å². The Kier molecular flexibility index (Phi) is 5.25. The van der Waals surface area contributed by atoms with E-state index in [1.54, 1.807) is 4.68 Å². The minimum atomic E-state index is -0.752. The van der Waals surface area contributed by atoms with Crippen molar-refractivity contribution in [3.63, 3.8) is 0 Å². The molecular formula is C12H22N4O2. The van der Waals surface area contributed by atoms with Gasteiger partial charge in [-0.25, -0.2) is 4.68 Å². The molecule has 0 saturated carbocycles. The van der Waals surface area contributed by atoms with Crippen molar-refractivity contribution in [3.05, 3.63) is 5.82 Å². The summed E-state index contributed by atoms with van der Waals surface area (Å²) in [7, 11) is 0. The summed E-state index contributed by atoms with van der Waals surface area (Å²) in [4.78, 5) is 11.6. The molecular weight excluding hydrogens is 232 g/mol. The fraction of sp³-hybridized carbons (Fsp3) is 0.833. The average Bonchev–Trinajstić information content (AvgIpc) is 2.76. The Hall–Kier alpha value is -1.46. The third-order valence-corrected chi connectivity index (χ3v) is 3.40. The van der Waals surface area contributed by atoms with Crippen LogP contribution in [-0.4, -0.2) is 31.3 Å². The molecule has 1 N–H and O–H groups in total. The quantitative estimate of drug-likeness (QED) is 0.766. The number of aliphatic carboxylic acids is 1. The van der Waals surface area contributed by atoms with Crippen LogP contribution in [0.3, 0.4) is 0 Å². The number of hydrogen-bond donors (Lipinski definition) is 1. The summed E-state index contributed by atoms with van der Waals surface area (Å²) in [6.07, 6.45) is 3.42. The minimum absolute atomic E-state index is 0.402. The molecule has 0 fully saturated rings. The lowest BCUT2D eigenvalue weighted by atomic mass is 9.77. The van der Waals surface area contributed by atoms with Gasteiger partial charge in [0.1, 0.15) is 0 Å². The molecule has 1 aromatic rings. The van der Waals surface area contributed by atoms with E-state index in [2.05, 4.69) is 15.5 Å². The maximum absolute atomic E-state index is 11.6. The van der Waals surface area contributed by atoms with Gasteiger partial charge >= 0.3 is 5.97 Å². The summed E-state index contributed by atoms with van der Waals surface area (Å²) in [5.74, 6) is -0.0764. The van der Waals surface area contributed by atoms with Crippen molar-refractivity contribution in [3.8, 4) is 0 Å². The molecule has 18 heavy (non-hydrogen) atoms. The van der Waals surface area contributed by atoms with Crippen molar-refractivity contribution in [2.45, 2.75) is 59.4 Å². The van der Waals surface area contributed by atoms with E-state index in [1.165, 1.54) is 0 Å². The van der Waals surface area contributed by atoms with E-state index in [9.17, 15) is 9.90 Å². The normalized spacial score (nSPS) is 14.4. The lowest BCUT2D eigenvalue weighted by Gasteiger charge is -2.27. The molecule has 102 valence electrons. The van der Waals surface area contributed by atoms with Crippen LogP contribution in [0.4, 0.5) is 0 Å². The molecule has 0 aliphatic rings. The molecule has 0 aliphatic carbocycles. The van der Waals surface area contributed by atoms with Gasteiger partial charge in [0, 0.05) is 13.0 Å². The van der Waals surface area contributed by atoms with E-state index < -0.39 is 11.4 Å². The van der Waals surface area contributed by atoms with Crippen LogP contribution in [-0.2, 0) is 17.8 Å². The maximum Gasteiger partial charge on any atom is 0.310 e. The van der Waals surface area contributed by atoms with E-state index in [-0.39, 0.29) is 0 Å². The second-order valence-corrected chi connectivity index (χ2v) is 4.68. The number of carbonyl (C=O) groups is 1. The fourth-order valence-corrected chi connectivity index (χ4v) is 2.24. The SMILES string of the molecule is CCCn1nnnc1CC(CC)(CCC)C(=O)O. The van der Waals surface area contributed by atoms with Gasteiger partial charge in [-0.2, -0.15) is 0 Å². The number of rotatable bonds is 8. The Balaban J connectivity index is 2.95. The first kappa shape index (κ1) is 14.6. The third kappa shape index (κ3) is 3.05. The van der Waals surface area contributed by atoms with Gasteiger partial charge in [0.2, 0.25) is 0 Å². The second kappa shape index (κ2) is 6.47. The highest BCUT2D eigenvalue weighted by molar-refractivity contribution is 5.74. The Bertz CT molecular complexity index is 391. The highest BCUT2D eigenvalue weighted by Crippen LogP contribution is 2.32. The first-order valence-electron chi connectivity index (χ1n) is 6.58. The molecule has 1 rings (SSSR count). The van der Waals surface area contributed by atoms with Gasteiger partial charge in [-0.3, -0.25) is 4.79 Å². The van der Waals surface area contributed by atoms with Gasteiger partial charge in [0.05, 0.1) is 5.41 Å². The zero-order chi connectivity index (χ0) is 13.6. The molecule has 0 spiro atoms. The molecule has 0 aliphatic heterocycles. The van der Waals surface area contributed by atoms with Crippen LogP contribution in [0.15, 0.2) is 0 Å². The lowest BCUT2D eigenvalue weighted by Crippen LogP contribution is -2.34. The van der Waals surface area contributed by atoms with Crippen LogP contribution in [0, 0.1) is 5.41 Å². The van der Waals surface area contributed by atoms with Crippen molar-refractivity contribution >= 4 is 5.97 Å². The van der Waals surface area contributed by atoms with Gasteiger partial charge in [-0.15, -0.1) is 5.10 Å². The zero-order valence-corrected chi connectivity index (χ0v) is 11.4. The van der Waals surface area contributed by atoms with Crippen molar-refractivity contribution in [1.82, 2.24) is 20.2 Å². The molecule has 1 unspecified atom stereocenters. The maximum atomic E-state index is 11.6. The molecule has 0 aromatic carbocycles. The number of carboxylic acid groups (broad SMARTS) is 1. The van der Waals surface area contributed by atoms with Crippen molar-refractivity contribution < 1.29 is 9.90 Å². The molecule has 1 atom stereocenters. The van der Waals surface area contributed by atoms with Gasteiger partial charge in [-0.1, -0.05) is 27.2 Å². The molecule has 1 heterocycles. The molecule has 0 saturated heterocycles. The third-order valence-electron chi connectivity index (χ3n) is 3.40. The van der Waals surface area contributed by atoms with E-state index >= 15 is 0 Å². The van der Waals surface area contributed by atoms with Crippen molar-refractivity contribution in [2.24, 2.45) is 5.41 Å². The predicted molar refractivity (Wildman–Crippen MR) is 67.1 cm³/mol. The molecule has 6 heteroatoms. The van der Waals surface area contributed by atoms with Crippen molar-refractivity contribution in [2.75, 3.05) is 0 Å². The first-order chi connectivity index (χ1) is 8.59. The monoisotopic (exact) mass is 254 g/mol. The van der Waals surface area contributed by atoms with Crippen LogP contribution >= 0.6 is 0 Å². The topological polar surface area (TPSA) is 80.9 Å². The molecule has 6 nitrogen and oxygen atoms in total. The predicted octanol–water partition coefficient (Wildman–Crippen LogP) is 1.91. The van der Waals surface area contributed by atoms with Crippen LogP contribution < -0.4 is 0 Å². The fourth-order valence-electron chi connectivity index (χ4n) is 2.24. The summed E-state index contributed by atoms with van der Waals surface area (Å²) in [6, 6.07) is 0. The Labute approximate surface area is 107 Å². The number of carboxylic acids is 1. The first-order valence-corrected chi connectivity index (χ1v) is 6.58. The van der Waals surface area contributed by atoms with Crippen molar-refractivity contribution in [1.29, 1.82) is 0 Å². The molecule has 1 aromatic heterocycles. The van der Waals surface area contributed by atoms with Crippen LogP contribution in [0.1, 0.15) is 52.3 Å². The number of aryl methyl sites for hydroxylation is 1. The zero-order valence-electron chi connectivity index (χ0n) is 11.4. The molecule has 0 bridgehead atoms. The number of tetrazole rings is 1. The van der Waals surface area contributed by atoms with E-state index in [1.807, 2.05) is 20.8 Å². The summed E-state index contributed by atoms with van der Waals surface area (Å²) in [5, 5.41) is 21.0. The number of nitrogens with zero attached hydrogens (tertiary/aromatic N) is 4. The highest BCUT2D eigenvalue weighted by atomic mass is 16.4. The average molecular weight is 254 g/mol. The number of aromatic nitrogens is 4. The smallest absolute Gasteiger partial charge is 0.310 e. The standard InChI is InChI=1S/C12H22N4O2/c1-4-7-12(6-3,11(17)18)9-10-13-14-15-16(10)8-5-2/h4-9H2,1-3H3,(H,17,18). The molecule has 0 radical (unpaired) electrons. The van der Waals surface area contributed by atoms with Gasteiger partial charge in [-0.05, 0) is 29.7 Å². The van der Waals surface area contributed by atoms with Gasteiger partial charge in [0.15, 0.2) is 5.82 Å². The summed E-state index contributed by atoms with van der Waals surface area (Å²) in [6.45, 7) is 6.69. The largest absolute Gasteiger partial charge is 0.481 e. The van der Waals surface area contributed by atoms with E-state index in [4.69, 9.17) is 0 Å². The minimum Gasteiger partial charge on any atom is -0.481 e. The van der Waals surface area contributed by atoms with E-state index in [0.717, 1.165) is 19.4 Å². The van der Waals surface area contributed by atoms with Gasteiger partial charge < -0.3 is 5.11 Å². The van der Waals surface area contributed by atoms with Crippen LogP contribution in [0.25, 0.3) is 0 Å². The van der Waals surface area contributed by atoms with E-state index in [0.29, 0.717) is 25.1 Å². The summed E-state index contributed by atoms with van der Waals surface area (Å²) < 4.78 is 1.71. The van der Waals surface area contributed by atoms with Crippen LogP contribution in [0.5, 0.6) is 0 Å². The Morgan fingerprint density at radius 1 is 1.33 bits per heavy atom. The summed E-state index contributed by atoms with van der Waals surface area (Å²) >= 11 is 0. The second-order valence-electron chi connectivity index (χ2n) is 4.68. The molecule has 0 amide bonds. The highest BCUT2D eigenvalue weighted by Gasteiger charge is 2.37. The Morgan fingerprint density at radius 2 is 2.06 bits per heavy atom. The van der Waals surface area contributed by atoms with Crippen LogP contribution in [0.2, 0.25) is 0 Å². The lowest BCUT2D eigenvalue weighted by molar-refractivity contribution is -0.149. The Morgan fingerprint density at radius 3 is 2.56 bits per heavy atom. The summed E-state index contributed by atoms with van der Waals surface area (Å²) in [5.41, 5.74) is -0.741.